The zero-order chi connectivity index (χ0) is 26.6. The van der Waals surface area contributed by atoms with Gasteiger partial charge in [0.2, 0.25) is 17.7 Å². The summed E-state index contributed by atoms with van der Waals surface area (Å²) >= 11 is 0. The molecule has 3 amide bonds. The highest BCUT2D eigenvalue weighted by atomic mass is 16.4. The van der Waals surface area contributed by atoms with Crippen LogP contribution in [-0.2, 0) is 24.0 Å². The Labute approximate surface area is 201 Å². The number of hydrogen-bond acceptors (Lipinski definition) is 6. The Morgan fingerprint density at radius 3 is 1.59 bits per heavy atom. The van der Waals surface area contributed by atoms with Crippen molar-refractivity contribution in [3.05, 3.63) is 0 Å². The molecule has 0 bridgehead atoms. The lowest BCUT2D eigenvalue weighted by Crippen LogP contribution is -2.60. The van der Waals surface area contributed by atoms with Crippen molar-refractivity contribution in [2.24, 2.45) is 23.5 Å². The average Bonchev–Trinajstić information content (AvgIpc) is 2.75. The Balaban J connectivity index is 5.60. The van der Waals surface area contributed by atoms with E-state index in [1.807, 2.05) is 27.7 Å². The topological polar surface area (TPSA) is 188 Å². The Bertz CT molecular complexity index is 713. The summed E-state index contributed by atoms with van der Waals surface area (Å²) in [6.45, 7) is 11.1. The van der Waals surface area contributed by atoms with Crippen molar-refractivity contribution >= 4 is 29.7 Å². The fourth-order valence-corrected chi connectivity index (χ4v) is 3.31. The summed E-state index contributed by atoms with van der Waals surface area (Å²) < 4.78 is 0. The lowest BCUT2D eigenvalue weighted by Gasteiger charge is -2.30. The molecule has 11 nitrogen and oxygen atoms in total. The number of rotatable bonds is 16. The normalized spacial score (nSPS) is 16.5. The number of nitrogens with one attached hydrogen (secondary N) is 3. The molecule has 11 heteroatoms. The van der Waals surface area contributed by atoms with Gasteiger partial charge in [0.05, 0.1) is 6.04 Å². The molecule has 0 fully saturated rings. The van der Waals surface area contributed by atoms with Crippen LogP contribution in [-0.4, -0.2) is 64.0 Å². The van der Waals surface area contributed by atoms with Crippen molar-refractivity contribution in [3.8, 4) is 0 Å². The first-order valence-electron chi connectivity index (χ1n) is 11.9. The maximum Gasteiger partial charge on any atom is 0.326 e. The Morgan fingerprint density at radius 1 is 0.765 bits per heavy atom. The Hall–Kier alpha value is -2.69. The van der Waals surface area contributed by atoms with E-state index in [1.54, 1.807) is 13.8 Å². The molecule has 0 radical (unpaired) electrons. The second-order valence-electron chi connectivity index (χ2n) is 9.31. The van der Waals surface area contributed by atoms with E-state index in [-0.39, 0.29) is 24.2 Å². The van der Waals surface area contributed by atoms with Crippen LogP contribution in [0.3, 0.4) is 0 Å². The zero-order valence-electron chi connectivity index (χ0n) is 21.1. The minimum Gasteiger partial charge on any atom is -0.481 e. The van der Waals surface area contributed by atoms with Gasteiger partial charge in [-0.2, -0.15) is 0 Å². The summed E-state index contributed by atoms with van der Waals surface area (Å²) in [5.74, 6) is -4.73. The van der Waals surface area contributed by atoms with E-state index in [2.05, 4.69) is 16.0 Å². The molecule has 0 aliphatic carbocycles. The van der Waals surface area contributed by atoms with Crippen LogP contribution in [0.15, 0.2) is 0 Å². The molecule has 0 aromatic rings. The van der Waals surface area contributed by atoms with Crippen LogP contribution in [0.4, 0.5) is 0 Å². The molecule has 6 unspecified atom stereocenters. The highest BCUT2D eigenvalue weighted by Crippen LogP contribution is 2.14. The highest BCUT2D eigenvalue weighted by Gasteiger charge is 2.34. The first-order chi connectivity index (χ1) is 15.7. The van der Waals surface area contributed by atoms with Crippen molar-refractivity contribution in [3.63, 3.8) is 0 Å². The smallest absolute Gasteiger partial charge is 0.326 e. The van der Waals surface area contributed by atoms with E-state index in [0.29, 0.717) is 19.3 Å². The van der Waals surface area contributed by atoms with Crippen LogP contribution < -0.4 is 21.7 Å². The van der Waals surface area contributed by atoms with Gasteiger partial charge in [0.15, 0.2) is 0 Å². The van der Waals surface area contributed by atoms with Gasteiger partial charge in [-0.25, -0.2) is 4.79 Å². The molecule has 0 aliphatic heterocycles. The van der Waals surface area contributed by atoms with E-state index in [4.69, 9.17) is 10.8 Å². The van der Waals surface area contributed by atoms with Crippen molar-refractivity contribution < 1.29 is 34.2 Å². The van der Waals surface area contributed by atoms with Gasteiger partial charge in [-0.15, -0.1) is 0 Å². The molecule has 0 aromatic carbocycles. The molecule has 6 atom stereocenters. The summed E-state index contributed by atoms with van der Waals surface area (Å²) in [5.41, 5.74) is 5.96. The maximum atomic E-state index is 13.2. The first-order valence-corrected chi connectivity index (χ1v) is 11.9. The third-order valence-corrected chi connectivity index (χ3v) is 5.91. The number of carboxylic acid groups (broad SMARTS) is 2. The number of amides is 3. The van der Waals surface area contributed by atoms with Crippen LogP contribution in [0.1, 0.15) is 73.6 Å². The summed E-state index contributed by atoms with van der Waals surface area (Å²) in [6.07, 6.45) is 0.803. The van der Waals surface area contributed by atoms with Gasteiger partial charge in [-0.1, -0.05) is 54.4 Å². The molecular formula is C23H42N4O7. The van der Waals surface area contributed by atoms with Crippen molar-refractivity contribution in [2.45, 2.75) is 97.8 Å². The second-order valence-corrected chi connectivity index (χ2v) is 9.31. The number of carboxylic acids is 2. The quantitative estimate of drug-likeness (QED) is 0.185. The van der Waals surface area contributed by atoms with E-state index >= 15 is 0 Å². The third-order valence-electron chi connectivity index (χ3n) is 5.91. The number of carbonyl (C=O) groups is 5. The van der Waals surface area contributed by atoms with Gasteiger partial charge in [-0.05, 0) is 30.6 Å². The van der Waals surface area contributed by atoms with Gasteiger partial charge in [0.25, 0.3) is 0 Å². The van der Waals surface area contributed by atoms with E-state index in [1.165, 1.54) is 0 Å². The molecule has 0 aliphatic rings. The number of nitrogens with two attached hydrogens (primary N) is 1. The fraction of sp³-hybridized carbons (Fsp3) is 0.783. The van der Waals surface area contributed by atoms with Gasteiger partial charge in [0.1, 0.15) is 18.1 Å². The summed E-state index contributed by atoms with van der Waals surface area (Å²) in [5, 5.41) is 25.9. The minimum atomic E-state index is -1.41. The van der Waals surface area contributed by atoms with Gasteiger partial charge in [-0.3, -0.25) is 19.2 Å². The monoisotopic (exact) mass is 486 g/mol. The molecule has 0 saturated heterocycles. The number of aliphatic carboxylic acids is 2. The van der Waals surface area contributed by atoms with Gasteiger partial charge >= 0.3 is 11.9 Å². The molecular weight excluding hydrogens is 444 g/mol. The number of hydrogen-bond donors (Lipinski definition) is 6. The molecule has 0 saturated carbocycles. The van der Waals surface area contributed by atoms with Gasteiger partial charge in [0, 0.05) is 6.42 Å². The standard InChI is InChI=1S/C23H42N4O7/c1-7-13(5)18(21(31)25-16(23(33)34)9-10-17(28)29)27-22(32)19(14(6)8-2)26-20(30)15(24)11-12(3)4/h12-16,18-19H,7-11,24H2,1-6H3,(H,25,31)(H,26,30)(H,27,32)(H,28,29)(H,33,34). The van der Waals surface area contributed by atoms with Crippen molar-refractivity contribution in [2.75, 3.05) is 0 Å². The van der Waals surface area contributed by atoms with Crippen LogP contribution >= 0.6 is 0 Å². The molecule has 0 rings (SSSR count). The SMILES string of the molecule is CCC(C)C(NC(=O)C(N)CC(C)C)C(=O)NC(C(=O)NC(CCC(=O)O)C(=O)O)C(C)CC. The third kappa shape index (κ3) is 11.0. The van der Waals surface area contributed by atoms with E-state index in [9.17, 15) is 29.1 Å². The predicted molar refractivity (Wildman–Crippen MR) is 127 cm³/mol. The van der Waals surface area contributed by atoms with Crippen LogP contribution in [0, 0.1) is 17.8 Å². The Morgan fingerprint density at radius 2 is 1.21 bits per heavy atom. The molecule has 0 aromatic heterocycles. The van der Waals surface area contributed by atoms with E-state index in [0.717, 1.165) is 0 Å². The molecule has 7 N–H and O–H groups in total. The van der Waals surface area contributed by atoms with Crippen LogP contribution in [0.25, 0.3) is 0 Å². The van der Waals surface area contributed by atoms with Crippen LogP contribution in [0.2, 0.25) is 0 Å². The molecule has 0 spiro atoms. The Kier molecular flexibility index (Phi) is 14.1. The lowest BCUT2D eigenvalue weighted by atomic mass is 9.94. The summed E-state index contributed by atoms with van der Waals surface area (Å²) in [6, 6.07) is -4.20. The molecule has 34 heavy (non-hydrogen) atoms. The zero-order valence-corrected chi connectivity index (χ0v) is 21.1. The summed E-state index contributed by atoms with van der Waals surface area (Å²) in [4.78, 5) is 60.9. The largest absolute Gasteiger partial charge is 0.481 e. The predicted octanol–water partition coefficient (Wildman–Crippen LogP) is 0.856. The fourth-order valence-electron chi connectivity index (χ4n) is 3.31. The first kappa shape index (κ1) is 31.3. The maximum absolute atomic E-state index is 13.2. The number of carbonyl (C=O) groups excluding carboxylic acids is 3. The average molecular weight is 487 g/mol. The highest BCUT2D eigenvalue weighted by molar-refractivity contribution is 5.94. The van der Waals surface area contributed by atoms with Crippen LogP contribution in [0.5, 0.6) is 0 Å². The minimum absolute atomic E-state index is 0.193. The van der Waals surface area contributed by atoms with Gasteiger partial charge < -0.3 is 31.9 Å². The van der Waals surface area contributed by atoms with Crippen molar-refractivity contribution in [1.82, 2.24) is 16.0 Å². The summed E-state index contributed by atoms with van der Waals surface area (Å²) in [7, 11) is 0. The molecule has 196 valence electrons. The van der Waals surface area contributed by atoms with Crippen molar-refractivity contribution in [1.29, 1.82) is 0 Å². The van der Waals surface area contributed by atoms with E-state index < -0.39 is 60.2 Å². The molecule has 0 heterocycles. The lowest BCUT2D eigenvalue weighted by molar-refractivity contribution is -0.143. The second kappa shape index (κ2) is 15.3.